The van der Waals surface area contributed by atoms with Gasteiger partial charge in [-0.05, 0) is 0 Å². The van der Waals surface area contributed by atoms with E-state index in [2.05, 4.69) is 124 Å². The molecule has 0 heterocycles. The molecule has 0 radical (unpaired) electrons. The molecular weight excluding hydrogens is 575 g/mol. The first-order valence-electron chi connectivity index (χ1n) is 13.2. The normalized spacial score (nSPS) is 14.6. The molecule has 0 aromatic heterocycles. The third-order valence-corrected chi connectivity index (χ3v) is 33.1. The van der Waals surface area contributed by atoms with E-state index in [0.717, 1.165) is 11.1 Å². The molecule has 2 aromatic carbocycles. The van der Waals surface area contributed by atoms with Crippen LogP contribution >= 0.6 is 0 Å². The van der Waals surface area contributed by atoms with Gasteiger partial charge in [0.1, 0.15) is 0 Å². The Balaban J connectivity index is 0.00000228. The molecule has 0 nitrogen and oxygen atoms in total. The van der Waals surface area contributed by atoms with E-state index in [9.17, 15) is 0 Å². The SMILES string of the molecule is CC(C)[Si](C(C)C)=[Zr+2]([C]1=CC=CC1)[CH]1c2cc(C(C)(C)C)ccc2-c2ccc(C(C)(C)C)cc21.[Cl-].[Cl-]. The molecule has 0 amide bonds. The van der Waals surface area contributed by atoms with E-state index in [1.165, 1.54) is 28.7 Å². The maximum atomic E-state index is 2.63. The average molecular weight is 619 g/mol. The second-order valence-electron chi connectivity index (χ2n) is 13.0. The Labute approximate surface area is 241 Å². The van der Waals surface area contributed by atoms with Gasteiger partial charge in [0.15, 0.2) is 0 Å². The van der Waals surface area contributed by atoms with E-state index < -0.39 is 25.8 Å². The maximum Gasteiger partial charge on any atom is -1.00 e. The molecule has 36 heavy (non-hydrogen) atoms. The Morgan fingerprint density at radius 2 is 1.19 bits per heavy atom. The summed E-state index contributed by atoms with van der Waals surface area (Å²) in [7, 11) is 0. The smallest absolute Gasteiger partial charge is 1.00 e. The van der Waals surface area contributed by atoms with Gasteiger partial charge in [0.2, 0.25) is 0 Å². The van der Waals surface area contributed by atoms with Crippen molar-refractivity contribution in [2.75, 3.05) is 0 Å². The molecule has 0 atom stereocenters. The molecule has 0 saturated carbocycles. The minimum Gasteiger partial charge on any atom is -1.00 e. The summed E-state index contributed by atoms with van der Waals surface area (Å²) in [5, 5.41) is 0. The van der Waals surface area contributed by atoms with Crippen LogP contribution in [0, 0.1) is 0 Å². The average Bonchev–Trinajstić information content (AvgIpc) is 3.35. The quantitative estimate of drug-likeness (QED) is 0.460. The Morgan fingerprint density at radius 1 is 0.750 bits per heavy atom. The van der Waals surface area contributed by atoms with Crippen molar-refractivity contribution in [2.24, 2.45) is 0 Å². The van der Waals surface area contributed by atoms with Gasteiger partial charge in [-0.25, -0.2) is 0 Å². The summed E-state index contributed by atoms with van der Waals surface area (Å²) in [6.45, 7) is 24.3. The summed E-state index contributed by atoms with van der Waals surface area (Å²) < 4.78 is 2.52. The van der Waals surface area contributed by atoms with Gasteiger partial charge in [-0.3, -0.25) is 0 Å². The fourth-order valence-electron chi connectivity index (χ4n) is 5.98. The number of fused-ring (bicyclic) bond motifs is 3. The van der Waals surface area contributed by atoms with Crippen LogP contribution in [0.1, 0.15) is 102 Å². The topological polar surface area (TPSA) is 0 Å². The van der Waals surface area contributed by atoms with E-state index >= 15 is 0 Å². The summed E-state index contributed by atoms with van der Waals surface area (Å²) in [6.07, 6.45) is 8.53. The molecule has 0 unspecified atom stereocenters. The van der Waals surface area contributed by atoms with Crippen LogP contribution in [0.3, 0.4) is 0 Å². The molecule has 0 aliphatic heterocycles. The molecule has 194 valence electrons. The molecule has 0 bridgehead atoms. The Morgan fingerprint density at radius 3 is 1.53 bits per heavy atom. The molecule has 4 heteroatoms. The minimum absolute atomic E-state index is 0. The van der Waals surface area contributed by atoms with Crippen molar-refractivity contribution in [3.05, 3.63) is 80.2 Å². The molecule has 4 rings (SSSR count). The van der Waals surface area contributed by atoms with Gasteiger partial charge in [-0.1, -0.05) is 0 Å². The van der Waals surface area contributed by atoms with Gasteiger partial charge in [0.25, 0.3) is 0 Å². The van der Waals surface area contributed by atoms with Crippen LogP contribution in [0.4, 0.5) is 0 Å². The van der Waals surface area contributed by atoms with Crippen molar-refractivity contribution in [1.29, 1.82) is 0 Å². The number of hydrogen-bond donors (Lipinski definition) is 0. The third-order valence-electron chi connectivity index (χ3n) is 7.71. The van der Waals surface area contributed by atoms with Crippen molar-refractivity contribution >= 4 is 5.43 Å². The largest absolute Gasteiger partial charge is 1.00 e. The summed E-state index contributed by atoms with van der Waals surface area (Å²) >= 11 is -2.09. The van der Waals surface area contributed by atoms with Gasteiger partial charge in [-0.15, -0.1) is 0 Å². The van der Waals surface area contributed by atoms with E-state index in [-0.39, 0.29) is 35.6 Å². The van der Waals surface area contributed by atoms with Gasteiger partial charge in [0, 0.05) is 0 Å². The van der Waals surface area contributed by atoms with Gasteiger partial charge in [0.05, 0.1) is 0 Å². The molecule has 2 aliphatic carbocycles. The van der Waals surface area contributed by atoms with Crippen LogP contribution in [-0.2, 0) is 31.2 Å². The Bertz CT molecular complexity index is 1130. The van der Waals surface area contributed by atoms with Gasteiger partial charge < -0.3 is 24.8 Å². The van der Waals surface area contributed by atoms with Crippen molar-refractivity contribution in [1.82, 2.24) is 0 Å². The number of hydrogen-bond acceptors (Lipinski definition) is 0. The summed E-state index contributed by atoms with van der Waals surface area (Å²) in [5.41, 5.74) is 10.9. The summed E-state index contributed by atoms with van der Waals surface area (Å²) in [4.78, 5) is 0. The van der Waals surface area contributed by atoms with Crippen molar-refractivity contribution < 1.29 is 45.2 Å². The van der Waals surface area contributed by atoms with Crippen molar-refractivity contribution in [3.63, 3.8) is 0 Å². The first-order valence-corrected chi connectivity index (χ1v) is 21.2. The van der Waals surface area contributed by atoms with E-state index in [4.69, 9.17) is 0 Å². The van der Waals surface area contributed by atoms with Crippen LogP contribution < -0.4 is 24.8 Å². The predicted molar refractivity (Wildman–Crippen MR) is 149 cm³/mol. The second kappa shape index (κ2) is 11.8. The molecule has 0 N–H and O–H groups in total. The Hall–Kier alpha value is -0.400. The van der Waals surface area contributed by atoms with E-state index in [0.29, 0.717) is 3.63 Å². The monoisotopic (exact) mass is 616 g/mol. The van der Waals surface area contributed by atoms with E-state index in [1.54, 1.807) is 11.1 Å². The number of rotatable bonds is 4. The summed E-state index contributed by atoms with van der Waals surface area (Å²) in [6, 6.07) is 15.0. The maximum absolute atomic E-state index is 2.63. The van der Waals surface area contributed by atoms with Crippen LogP contribution in [0.25, 0.3) is 11.1 Å². The summed E-state index contributed by atoms with van der Waals surface area (Å²) in [5.74, 6) is 0. The van der Waals surface area contributed by atoms with Gasteiger partial charge >= 0.3 is 218 Å². The fourth-order valence-corrected chi connectivity index (χ4v) is 31.7. The standard InChI is InChI=1S/C21H25.C6H14Si.C5H5.2ClH.Zr/c1-20(2,3)16-7-9-18-14(12-16)11-15-13-17(21(4,5)6)8-10-19(15)18;1-5(2)7-6(3)4;1-2-4-5-3-1;;;/h7-13H,1-6H3;5-6H,1-4H3;1-3H,4H2;2*1H;/q;;;;;+2/p-2. The zero-order valence-corrected chi connectivity index (χ0v) is 28.9. The zero-order chi connectivity index (χ0) is 25.0. The number of halogens is 2. The first-order chi connectivity index (χ1) is 15.8. The molecule has 0 fully saturated rings. The Kier molecular flexibility index (Phi) is 10.4. The molecule has 2 aromatic rings. The van der Waals surface area contributed by atoms with Gasteiger partial charge in [-0.2, -0.15) is 0 Å². The first kappa shape index (κ1) is 31.8. The number of benzene rings is 2. The van der Waals surface area contributed by atoms with Crippen molar-refractivity contribution in [2.45, 2.75) is 101 Å². The van der Waals surface area contributed by atoms with Crippen LogP contribution in [0.2, 0.25) is 11.1 Å². The second-order valence-corrected chi connectivity index (χ2v) is 28.7. The number of allylic oxidation sites excluding steroid dienone is 4. The van der Waals surface area contributed by atoms with Crippen molar-refractivity contribution in [3.8, 4) is 11.1 Å². The van der Waals surface area contributed by atoms with E-state index in [1.807, 2.05) is 3.28 Å². The molecule has 2 aliphatic rings. The molecule has 0 saturated heterocycles. The van der Waals surface area contributed by atoms with Crippen LogP contribution in [0.5, 0.6) is 0 Å². The molecule has 0 spiro atoms. The third kappa shape index (κ3) is 6.09. The zero-order valence-electron chi connectivity index (χ0n) is 23.9. The van der Waals surface area contributed by atoms with Crippen LogP contribution in [0.15, 0.2) is 57.9 Å². The predicted octanol–water partition coefficient (Wildman–Crippen LogP) is 3.63. The minimum atomic E-state index is -2.09. The fraction of sp³-hybridized carbons (Fsp3) is 0.500. The van der Waals surface area contributed by atoms with Crippen LogP contribution in [-0.4, -0.2) is 5.43 Å². The molecular formula is C32H44Cl2SiZr.